The molecule has 3 rings (SSSR count). The molecule has 2 amide bonds. The van der Waals surface area contributed by atoms with E-state index in [1.807, 2.05) is 18.2 Å². The third kappa shape index (κ3) is 3.88. The van der Waals surface area contributed by atoms with E-state index >= 15 is 0 Å². The Morgan fingerprint density at radius 3 is 2.95 bits per heavy atom. The van der Waals surface area contributed by atoms with Crippen LogP contribution in [0, 0.1) is 5.92 Å². The van der Waals surface area contributed by atoms with Crippen molar-refractivity contribution in [2.45, 2.75) is 25.4 Å². The summed E-state index contributed by atoms with van der Waals surface area (Å²) in [7, 11) is 0. The van der Waals surface area contributed by atoms with Crippen molar-refractivity contribution >= 4 is 6.03 Å². The number of urea groups is 1. The highest BCUT2D eigenvalue weighted by Gasteiger charge is 2.20. The Morgan fingerprint density at radius 2 is 2.10 bits per heavy atom. The molecule has 0 aliphatic carbocycles. The van der Waals surface area contributed by atoms with Gasteiger partial charge in [-0.2, -0.15) is 0 Å². The highest BCUT2D eigenvalue weighted by molar-refractivity contribution is 5.73. The molecule has 0 spiro atoms. The highest BCUT2D eigenvalue weighted by atomic mass is 16.5. The summed E-state index contributed by atoms with van der Waals surface area (Å²) in [4.78, 5) is 11.8. The molecular formula is C16H22N2O3. The fraction of sp³-hybridized carbons (Fsp3) is 0.562. The van der Waals surface area contributed by atoms with Crippen LogP contribution in [0.25, 0.3) is 0 Å². The van der Waals surface area contributed by atoms with Crippen molar-refractivity contribution < 1.29 is 14.3 Å². The van der Waals surface area contributed by atoms with E-state index in [-0.39, 0.29) is 12.1 Å². The molecule has 1 fully saturated rings. The van der Waals surface area contributed by atoms with Gasteiger partial charge in [-0.05, 0) is 30.9 Å². The Bertz CT molecular complexity index is 486. The third-order valence-electron chi connectivity index (χ3n) is 4.02. The zero-order chi connectivity index (χ0) is 14.5. The molecular weight excluding hydrogens is 268 g/mol. The standard InChI is InChI=1S/C16H22N2O3/c19-16(18-10-14-5-3-7-20-14)17-9-12-8-13-4-1-2-6-15(13)21-11-12/h1-2,4,6,12,14H,3,5,7-11H2,(H2,17,18,19)/t12-,14+/m0/s1. The highest BCUT2D eigenvalue weighted by Crippen LogP contribution is 2.26. The van der Waals surface area contributed by atoms with Gasteiger partial charge >= 0.3 is 6.03 Å². The van der Waals surface area contributed by atoms with Crippen molar-refractivity contribution in [2.75, 3.05) is 26.3 Å². The quantitative estimate of drug-likeness (QED) is 0.887. The summed E-state index contributed by atoms with van der Waals surface area (Å²) in [5.41, 5.74) is 1.22. The van der Waals surface area contributed by atoms with Gasteiger partial charge in [0.2, 0.25) is 0 Å². The van der Waals surface area contributed by atoms with Gasteiger partial charge in [0.1, 0.15) is 5.75 Å². The van der Waals surface area contributed by atoms with Crippen LogP contribution < -0.4 is 15.4 Å². The Morgan fingerprint density at radius 1 is 1.24 bits per heavy atom. The second-order valence-corrected chi connectivity index (χ2v) is 5.71. The zero-order valence-corrected chi connectivity index (χ0v) is 12.1. The molecule has 0 bridgehead atoms. The number of nitrogens with one attached hydrogen (secondary N) is 2. The number of para-hydroxylation sites is 1. The van der Waals surface area contributed by atoms with E-state index in [1.165, 1.54) is 5.56 Å². The summed E-state index contributed by atoms with van der Waals surface area (Å²) in [5.74, 6) is 1.30. The fourth-order valence-electron chi connectivity index (χ4n) is 2.83. The first-order valence-corrected chi connectivity index (χ1v) is 7.65. The Balaban J connectivity index is 1.38. The summed E-state index contributed by atoms with van der Waals surface area (Å²) in [6.45, 7) is 2.69. The van der Waals surface area contributed by atoms with Crippen LogP contribution >= 0.6 is 0 Å². The maximum atomic E-state index is 11.8. The van der Waals surface area contributed by atoms with Gasteiger partial charge in [-0.15, -0.1) is 0 Å². The maximum Gasteiger partial charge on any atom is 0.314 e. The molecule has 0 unspecified atom stereocenters. The second kappa shape index (κ2) is 6.80. The number of carbonyl (C=O) groups is 1. The molecule has 0 radical (unpaired) electrons. The molecule has 0 saturated carbocycles. The first-order chi connectivity index (χ1) is 10.3. The van der Waals surface area contributed by atoms with Crippen molar-refractivity contribution in [1.29, 1.82) is 0 Å². The lowest BCUT2D eigenvalue weighted by atomic mass is 9.97. The van der Waals surface area contributed by atoms with Crippen molar-refractivity contribution in [1.82, 2.24) is 10.6 Å². The van der Waals surface area contributed by atoms with Crippen molar-refractivity contribution in [2.24, 2.45) is 5.92 Å². The lowest BCUT2D eigenvalue weighted by Gasteiger charge is -2.25. The molecule has 0 aromatic heterocycles. The van der Waals surface area contributed by atoms with Crippen LogP contribution in [0.5, 0.6) is 5.75 Å². The number of fused-ring (bicyclic) bond motifs is 1. The summed E-state index contributed by atoms with van der Waals surface area (Å²) >= 11 is 0. The topological polar surface area (TPSA) is 59.6 Å². The molecule has 1 aromatic rings. The molecule has 2 aliphatic heterocycles. The van der Waals surface area contributed by atoms with Gasteiger partial charge in [0, 0.05) is 25.6 Å². The minimum atomic E-state index is -0.121. The smallest absolute Gasteiger partial charge is 0.314 e. The minimum absolute atomic E-state index is 0.121. The molecule has 21 heavy (non-hydrogen) atoms. The van der Waals surface area contributed by atoms with Crippen LogP contribution in [0.4, 0.5) is 4.79 Å². The summed E-state index contributed by atoms with van der Waals surface area (Å²) in [6, 6.07) is 7.96. The van der Waals surface area contributed by atoms with Gasteiger partial charge in [0.05, 0.1) is 12.7 Å². The number of carbonyl (C=O) groups excluding carboxylic acids is 1. The number of benzene rings is 1. The predicted molar refractivity (Wildman–Crippen MR) is 79.5 cm³/mol. The van der Waals surface area contributed by atoms with Crippen molar-refractivity contribution in [3.8, 4) is 5.75 Å². The van der Waals surface area contributed by atoms with Crippen LogP contribution in [0.15, 0.2) is 24.3 Å². The van der Waals surface area contributed by atoms with Gasteiger partial charge in [0.25, 0.3) is 0 Å². The van der Waals surface area contributed by atoms with Gasteiger partial charge in [-0.3, -0.25) is 0 Å². The Hall–Kier alpha value is -1.75. The van der Waals surface area contributed by atoms with E-state index in [0.29, 0.717) is 25.6 Å². The van der Waals surface area contributed by atoms with Crippen LogP contribution in [0.2, 0.25) is 0 Å². The molecule has 2 aliphatic rings. The van der Waals surface area contributed by atoms with E-state index < -0.39 is 0 Å². The molecule has 2 N–H and O–H groups in total. The average molecular weight is 290 g/mol. The normalized spacial score (nSPS) is 24.0. The third-order valence-corrected chi connectivity index (χ3v) is 4.02. The first-order valence-electron chi connectivity index (χ1n) is 7.65. The first kappa shape index (κ1) is 14.2. The molecule has 2 atom stereocenters. The lowest BCUT2D eigenvalue weighted by molar-refractivity contribution is 0.111. The summed E-state index contributed by atoms with van der Waals surface area (Å²) < 4.78 is 11.2. The van der Waals surface area contributed by atoms with Gasteiger partial charge in [-0.1, -0.05) is 18.2 Å². The van der Waals surface area contributed by atoms with Crippen LogP contribution in [-0.4, -0.2) is 38.4 Å². The van der Waals surface area contributed by atoms with Gasteiger partial charge in [0.15, 0.2) is 0 Å². The van der Waals surface area contributed by atoms with Crippen molar-refractivity contribution in [3.05, 3.63) is 29.8 Å². The zero-order valence-electron chi connectivity index (χ0n) is 12.1. The fourth-order valence-corrected chi connectivity index (χ4v) is 2.83. The average Bonchev–Trinajstić information content (AvgIpc) is 3.04. The monoisotopic (exact) mass is 290 g/mol. The number of hydrogen-bond acceptors (Lipinski definition) is 3. The predicted octanol–water partition coefficient (Wildman–Crippen LogP) is 1.72. The van der Waals surface area contributed by atoms with E-state index in [4.69, 9.17) is 9.47 Å². The molecule has 2 heterocycles. The molecule has 5 nitrogen and oxygen atoms in total. The maximum absolute atomic E-state index is 11.8. The largest absolute Gasteiger partial charge is 0.493 e. The summed E-state index contributed by atoms with van der Waals surface area (Å²) in [5, 5.41) is 5.79. The van der Waals surface area contributed by atoms with Gasteiger partial charge < -0.3 is 20.1 Å². The van der Waals surface area contributed by atoms with Crippen LogP contribution in [0.1, 0.15) is 18.4 Å². The van der Waals surface area contributed by atoms with Crippen LogP contribution in [0.3, 0.4) is 0 Å². The number of amides is 2. The molecule has 5 heteroatoms. The van der Waals surface area contributed by atoms with E-state index in [9.17, 15) is 4.79 Å². The second-order valence-electron chi connectivity index (χ2n) is 5.71. The molecule has 114 valence electrons. The van der Waals surface area contributed by atoms with Gasteiger partial charge in [-0.25, -0.2) is 4.79 Å². The molecule has 1 saturated heterocycles. The van der Waals surface area contributed by atoms with Crippen LogP contribution in [-0.2, 0) is 11.2 Å². The SMILES string of the molecule is O=C(NC[C@H]1COc2ccccc2C1)NC[C@H]1CCCO1. The van der Waals surface area contributed by atoms with E-state index in [0.717, 1.165) is 31.6 Å². The van der Waals surface area contributed by atoms with Crippen molar-refractivity contribution in [3.63, 3.8) is 0 Å². The number of hydrogen-bond donors (Lipinski definition) is 2. The van der Waals surface area contributed by atoms with E-state index in [2.05, 4.69) is 16.7 Å². The minimum Gasteiger partial charge on any atom is -0.493 e. The summed E-state index contributed by atoms with van der Waals surface area (Å²) in [6.07, 6.45) is 3.25. The Kier molecular flexibility index (Phi) is 4.60. The lowest BCUT2D eigenvalue weighted by Crippen LogP contribution is -2.43. The molecule has 1 aromatic carbocycles. The number of ether oxygens (including phenoxy) is 2. The Labute approximate surface area is 125 Å². The van der Waals surface area contributed by atoms with E-state index in [1.54, 1.807) is 0 Å². The number of rotatable bonds is 4.